The molecule has 0 amide bonds. The first-order valence-electron chi connectivity index (χ1n) is 4.31. The summed E-state index contributed by atoms with van der Waals surface area (Å²) in [5, 5.41) is 2.16. The Labute approximate surface area is 87.1 Å². The fourth-order valence-electron chi connectivity index (χ4n) is 1.42. The third-order valence-corrected chi connectivity index (χ3v) is 4.17. The van der Waals surface area contributed by atoms with Gasteiger partial charge >= 0.3 is 0 Å². The van der Waals surface area contributed by atoms with Crippen molar-refractivity contribution < 1.29 is 0 Å². The van der Waals surface area contributed by atoms with E-state index in [2.05, 4.69) is 48.1 Å². The SMILES string of the molecule is CCCC(C)(C)c1cc(Br)cs1. The summed E-state index contributed by atoms with van der Waals surface area (Å²) in [5.74, 6) is 0. The zero-order valence-electron chi connectivity index (χ0n) is 7.86. The van der Waals surface area contributed by atoms with Gasteiger partial charge in [0.1, 0.15) is 0 Å². The summed E-state index contributed by atoms with van der Waals surface area (Å²) in [6.07, 6.45) is 2.52. The van der Waals surface area contributed by atoms with Gasteiger partial charge in [0.25, 0.3) is 0 Å². The maximum Gasteiger partial charge on any atom is 0.0285 e. The Morgan fingerprint density at radius 1 is 1.50 bits per heavy atom. The molecule has 0 aliphatic rings. The molecule has 0 nitrogen and oxygen atoms in total. The van der Waals surface area contributed by atoms with E-state index in [0.717, 1.165) is 0 Å². The van der Waals surface area contributed by atoms with Gasteiger partial charge in [0.15, 0.2) is 0 Å². The average Bonchev–Trinajstić information content (AvgIpc) is 2.36. The van der Waals surface area contributed by atoms with Crippen LogP contribution in [0.15, 0.2) is 15.9 Å². The largest absolute Gasteiger partial charge is 0.147 e. The van der Waals surface area contributed by atoms with Crippen LogP contribution in [0, 0.1) is 0 Å². The van der Waals surface area contributed by atoms with Gasteiger partial charge in [-0.3, -0.25) is 0 Å². The zero-order valence-corrected chi connectivity index (χ0v) is 10.3. The molecule has 2 heteroatoms. The van der Waals surface area contributed by atoms with Gasteiger partial charge in [0.05, 0.1) is 0 Å². The lowest BCUT2D eigenvalue weighted by atomic mass is 9.86. The molecule has 68 valence electrons. The van der Waals surface area contributed by atoms with Gasteiger partial charge in [-0.2, -0.15) is 0 Å². The Hall–Kier alpha value is 0.180. The lowest BCUT2D eigenvalue weighted by Gasteiger charge is -2.21. The molecule has 1 aromatic rings. The molecular formula is C10H15BrS. The summed E-state index contributed by atoms with van der Waals surface area (Å²) in [6.45, 7) is 6.87. The van der Waals surface area contributed by atoms with Crippen LogP contribution in [0.5, 0.6) is 0 Å². The average molecular weight is 247 g/mol. The van der Waals surface area contributed by atoms with Crippen molar-refractivity contribution in [1.29, 1.82) is 0 Å². The van der Waals surface area contributed by atoms with Crippen LogP contribution in [-0.4, -0.2) is 0 Å². The van der Waals surface area contributed by atoms with E-state index in [9.17, 15) is 0 Å². The van der Waals surface area contributed by atoms with Crippen LogP contribution in [0.2, 0.25) is 0 Å². The van der Waals surface area contributed by atoms with Crippen LogP contribution in [0.3, 0.4) is 0 Å². The molecule has 0 radical (unpaired) electrons. The topological polar surface area (TPSA) is 0 Å². The van der Waals surface area contributed by atoms with Crippen LogP contribution in [0.25, 0.3) is 0 Å². The first kappa shape index (κ1) is 10.3. The highest BCUT2D eigenvalue weighted by Gasteiger charge is 2.20. The van der Waals surface area contributed by atoms with Gasteiger partial charge in [0, 0.05) is 14.7 Å². The van der Waals surface area contributed by atoms with E-state index in [0.29, 0.717) is 5.41 Å². The second-order valence-corrected chi connectivity index (χ2v) is 5.59. The molecule has 0 aliphatic carbocycles. The second-order valence-electron chi connectivity index (χ2n) is 3.76. The van der Waals surface area contributed by atoms with Crippen LogP contribution in [0.4, 0.5) is 0 Å². The standard InChI is InChI=1S/C10H15BrS/c1-4-5-10(2,3)9-6-8(11)7-12-9/h6-7H,4-5H2,1-3H3. The van der Waals surface area contributed by atoms with Crippen molar-refractivity contribution in [1.82, 2.24) is 0 Å². The van der Waals surface area contributed by atoms with Crippen LogP contribution < -0.4 is 0 Å². The molecule has 0 unspecified atom stereocenters. The lowest BCUT2D eigenvalue weighted by molar-refractivity contribution is 0.482. The molecule has 0 atom stereocenters. The number of rotatable bonds is 3. The summed E-state index contributed by atoms with van der Waals surface area (Å²) >= 11 is 5.34. The summed E-state index contributed by atoms with van der Waals surface area (Å²) in [6, 6.07) is 2.24. The Morgan fingerprint density at radius 3 is 2.58 bits per heavy atom. The number of hydrogen-bond acceptors (Lipinski definition) is 1. The minimum atomic E-state index is 0.353. The summed E-state index contributed by atoms with van der Waals surface area (Å²) in [4.78, 5) is 1.48. The van der Waals surface area contributed by atoms with E-state index in [1.807, 2.05) is 11.3 Å². The molecular weight excluding hydrogens is 232 g/mol. The highest BCUT2D eigenvalue weighted by molar-refractivity contribution is 9.10. The fourth-order valence-corrected chi connectivity index (χ4v) is 3.00. The van der Waals surface area contributed by atoms with E-state index in [-0.39, 0.29) is 0 Å². The van der Waals surface area contributed by atoms with Gasteiger partial charge in [-0.15, -0.1) is 11.3 Å². The van der Waals surface area contributed by atoms with Crippen molar-refractivity contribution in [3.8, 4) is 0 Å². The molecule has 0 saturated carbocycles. The van der Waals surface area contributed by atoms with E-state index < -0.39 is 0 Å². The van der Waals surface area contributed by atoms with Gasteiger partial charge < -0.3 is 0 Å². The third-order valence-electron chi connectivity index (χ3n) is 2.11. The predicted molar refractivity (Wildman–Crippen MR) is 60.0 cm³/mol. The molecule has 1 aromatic heterocycles. The molecule has 12 heavy (non-hydrogen) atoms. The molecule has 1 heterocycles. The van der Waals surface area contributed by atoms with Crippen molar-refractivity contribution in [2.75, 3.05) is 0 Å². The zero-order chi connectivity index (χ0) is 9.19. The van der Waals surface area contributed by atoms with Crippen molar-refractivity contribution in [2.24, 2.45) is 0 Å². The van der Waals surface area contributed by atoms with E-state index >= 15 is 0 Å². The smallest absolute Gasteiger partial charge is 0.0285 e. The maximum atomic E-state index is 3.49. The van der Waals surface area contributed by atoms with Crippen molar-refractivity contribution in [3.63, 3.8) is 0 Å². The van der Waals surface area contributed by atoms with E-state index in [1.54, 1.807) is 0 Å². The normalized spacial score (nSPS) is 12.0. The fraction of sp³-hybridized carbons (Fsp3) is 0.600. The lowest BCUT2D eigenvalue weighted by Crippen LogP contribution is -2.14. The molecule has 0 fully saturated rings. The highest BCUT2D eigenvalue weighted by atomic mass is 79.9. The van der Waals surface area contributed by atoms with Crippen LogP contribution in [-0.2, 0) is 5.41 Å². The van der Waals surface area contributed by atoms with Crippen LogP contribution in [0.1, 0.15) is 38.5 Å². The molecule has 0 N–H and O–H groups in total. The van der Waals surface area contributed by atoms with Crippen LogP contribution >= 0.6 is 27.3 Å². The van der Waals surface area contributed by atoms with Gasteiger partial charge in [-0.25, -0.2) is 0 Å². The van der Waals surface area contributed by atoms with Gasteiger partial charge in [0.2, 0.25) is 0 Å². The molecule has 1 rings (SSSR count). The van der Waals surface area contributed by atoms with Gasteiger partial charge in [-0.1, -0.05) is 27.2 Å². The highest BCUT2D eigenvalue weighted by Crippen LogP contribution is 2.34. The van der Waals surface area contributed by atoms with Gasteiger partial charge in [-0.05, 0) is 33.8 Å². The van der Waals surface area contributed by atoms with E-state index in [4.69, 9.17) is 0 Å². The van der Waals surface area contributed by atoms with Crippen molar-refractivity contribution in [2.45, 2.75) is 39.0 Å². The Balaban J connectivity index is 2.81. The molecule has 0 bridgehead atoms. The Bertz CT molecular complexity index is 250. The Morgan fingerprint density at radius 2 is 2.17 bits per heavy atom. The van der Waals surface area contributed by atoms with Crippen molar-refractivity contribution in [3.05, 3.63) is 20.8 Å². The minimum absolute atomic E-state index is 0.353. The summed E-state index contributed by atoms with van der Waals surface area (Å²) in [7, 11) is 0. The number of hydrogen-bond donors (Lipinski definition) is 0. The predicted octanol–water partition coefficient (Wildman–Crippen LogP) is 4.59. The quantitative estimate of drug-likeness (QED) is 0.732. The molecule has 0 spiro atoms. The monoisotopic (exact) mass is 246 g/mol. The third kappa shape index (κ3) is 2.33. The summed E-state index contributed by atoms with van der Waals surface area (Å²) < 4.78 is 1.21. The second kappa shape index (κ2) is 3.93. The molecule has 0 aromatic carbocycles. The molecule has 0 saturated heterocycles. The first-order valence-corrected chi connectivity index (χ1v) is 5.98. The Kier molecular flexibility index (Phi) is 3.36. The molecule has 0 aliphatic heterocycles. The maximum absolute atomic E-state index is 3.49. The minimum Gasteiger partial charge on any atom is -0.147 e. The number of halogens is 1. The van der Waals surface area contributed by atoms with Crippen molar-refractivity contribution >= 4 is 27.3 Å². The first-order chi connectivity index (χ1) is 5.56. The summed E-state index contributed by atoms with van der Waals surface area (Å²) in [5.41, 5.74) is 0.353. The number of thiophene rings is 1. The van der Waals surface area contributed by atoms with E-state index in [1.165, 1.54) is 22.2 Å².